The number of hydrogen-bond acceptors (Lipinski definition) is 6. The van der Waals surface area contributed by atoms with Gasteiger partial charge in [0.25, 0.3) is 0 Å². The number of carbonyl (C=O) groups excluding carboxylic acids is 1. The minimum Gasteiger partial charge on any atom is -0.378 e. The molecule has 2 fully saturated rings. The van der Waals surface area contributed by atoms with Crippen molar-refractivity contribution in [2.45, 2.75) is 57.0 Å². The van der Waals surface area contributed by atoms with Gasteiger partial charge in [-0.3, -0.25) is 9.78 Å². The highest BCUT2D eigenvalue weighted by Crippen LogP contribution is 2.39. The molecule has 1 saturated carbocycles. The molecule has 166 valence electrons. The van der Waals surface area contributed by atoms with Gasteiger partial charge in [0, 0.05) is 57.3 Å². The quantitative estimate of drug-likeness (QED) is 0.733. The van der Waals surface area contributed by atoms with Crippen LogP contribution in [0, 0.1) is 5.92 Å². The van der Waals surface area contributed by atoms with E-state index in [1.807, 2.05) is 49.7 Å². The van der Waals surface area contributed by atoms with E-state index < -0.39 is 0 Å². The minimum atomic E-state index is 0.117. The van der Waals surface area contributed by atoms with E-state index in [1.54, 1.807) is 0 Å². The molecule has 1 atom stereocenters. The monoisotopic (exact) mass is 423 g/mol. The second-order valence-electron chi connectivity index (χ2n) is 8.96. The summed E-state index contributed by atoms with van der Waals surface area (Å²) in [5, 5.41) is 3.14. The molecule has 3 heterocycles. The van der Waals surface area contributed by atoms with Crippen molar-refractivity contribution in [2.24, 2.45) is 5.92 Å². The van der Waals surface area contributed by atoms with E-state index in [1.165, 1.54) is 0 Å². The van der Waals surface area contributed by atoms with Gasteiger partial charge in [0.2, 0.25) is 11.9 Å². The third kappa shape index (κ3) is 5.58. The summed E-state index contributed by atoms with van der Waals surface area (Å²) in [6.07, 6.45) is 12.6. The van der Waals surface area contributed by atoms with Crippen molar-refractivity contribution >= 4 is 11.9 Å². The molecule has 0 bridgehead atoms. The van der Waals surface area contributed by atoms with Crippen molar-refractivity contribution in [3.63, 3.8) is 0 Å². The molecule has 7 heteroatoms. The molecule has 1 aliphatic heterocycles. The molecule has 0 unspecified atom stereocenters. The second-order valence-corrected chi connectivity index (χ2v) is 8.96. The second kappa shape index (κ2) is 10.2. The van der Waals surface area contributed by atoms with Crippen LogP contribution < -0.4 is 10.2 Å². The highest BCUT2D eigenvalue weighted by molar-refractivity contribution is 5.76. The summed E-state index contributed by atoms with van der Waals surface area (Å²) < 4.78 is 5.57. The summed E-state index contributed by atoms with van der Waals surface area (Å²) in [6, 6.07) is 4.04. The van der Waals surface area contributed by atoms with Gasteiger partial charge in [-0.2, -0.15) is 0 Å². The van der Waals surface area contributed by atoms with Crippen LogP contribution in [-0.2, 0) is 9.53 Å². The van der Waals surface area contributed by atoms with Crippen LogP contribution in [0.15, 0.2) is 30.7 Å². The van der Waals surface area contributed by atoms with Gasteiger partial charge in [0.15, 0.2) is 0 Å². The Bertz CT molecular complexity index is 860. The Morgan fingerprint density at radius 3 is 2.61 bits per heavy atom. The normalized spacial score (nSPS) is 23.5. The standard InChI is InChI=1S/C24H33N5O2/c1-29(2)24-27-16-21(18-9-11-25-12-10-18)23(28-24)19-7-5-17(6-8-19)15-26-22(30)14-20-4-3-13-31-20/h9-12,16-17,19-20H,3-8,13-15H2,1-2H3,(H,26,30)/t17?,19?,20-/m1/s1. The van der Waals surface area contributed by atoms with Crippen molar-refractivity contribution in [3.8, 4) is 11.1 Å². The summed E-state index contributed by atoms with van der Waals surface area (Å²) in [7, 11) is 3.95. The summed E-state index contributed by atoms with van der Waals surface area (Å²) in [5.41, 5.74) is 3.34. The van der Waals surface area contributed by atoms with Crippen LogP contribution in [0.5, 0.6) is 0 Å². The van der Waals surface area contributed by atoms with E-state index >= 15 is 0 Å². The Morgan fingerprint density at radius 1 is 1.16 bits per heavy atom. The van der Waals surface area contributed by atoms with E-state index in [0.717, 1.165) is 74.4 Å². The van der Waals surface area contributed by atoms with Crippen molar-refractivity contribution in [2.75, 3.05) is 32.1 Å². The fraction of sp³-hybridized carbons (Fsp3) is 0.583. The Balaban J connectivity index is 1.37. The molecule has 2 aromatic rings. The molecule has 2 aromatic heterocycles. The fourth-order valence-electron chi connectivity index (χ4n) is 4.65. The molecule has 1 N–H and O–H groups in total. The molecular formula is C24H33N5O2. The molecule has 4 rings (SSSR count). The lowest BCUT2D eigenvalue weighted by Gasteiger charge is -2.30. The maximum Gasteiger partial charge on any atom is 0.225 e. The predicted octanol–water partition coefficient (Wildman–Crippen LogP) is 3.56. The number of aromatic nitrogens is 3. The van der Waals surface area contributed by atoms with Gasteiger partial charge in [0.1, 0.15) is 0 Å². The van der Waals surface area contributed by atoms with Crippen LogP contribution >= 0.6 is 0 Å². The lowest BCUT2D eigenvalue weighted by atomic mass is 9.79. The Morgan fingerprint density at radius 2 is 1.94 bits per heavy atom. The molecule has 1 aliphatic carbocycles. The van der Waals surface area contributed by atoms with Gasteiger partial charge in [0.05, 0.1) is 18.2 Å². The van der Waals surface area contributed by atoms with Crippen molar-refractivity contribution < 1.29 is 9.53 Å². The first-order valence-electron chi connectivity index (χ1n) is 11.4. The van der Waals surface area contributed by atoms with E-state index in [9.17, 15) is 4.79 Å². The smallest absolute Gasteiger partial charge is 0.225 e. The summed E-state index contributed by atoms with van der Waals surface area (Å²) in [6.45, 7) is 1.56. The van der Waals surface area contributed by atoms with Crippen molar-refractivity contribution in [1.29, 1.82) is 0 Å². The molecule has 2 aliphatic rings. The van der Waals surface area contributed by atoms with Crippen molar-refractivity contribution in [3.05, 3.63) is 36.4 Å². The minimum absolute atomic E-state index is 0.117. The predicted molar refractivity (Wildman–Crippen MR) is 121 cm³/mol. The van der Waals surface area contributed by atoms with Gasteiger partial charge in [-0.15, -0.1) is 0 Å². The van der Waals surface area contributed by atoms with Gasteiger partial charge in [-0.05, 0) is 62.1 Å². The summed E-state index contributed by atoms with van der Waals surface area (Å²) in [4.78, 5) is 27.8. The van der Waals surface area contributed by atoms with Crippen molar-refractivity contribution in [1.82, 2.24) is 20.3 Å². The molecule has 1 saturated heterocycles. The Labute approximate surface area is 184 Å². The SMILES string of the molecule is CN(C)c1ncc(-c2ccncc2)c(C2CCC(CNC(=O)C[C@H]3CCCO3)CC2)n1. The number of pyridine rings is 1. The van der Waals surface area contributed by atoms with Crippen LogP contribution in [0.1, 0.15) is 56.6 Å². The Hall–Kier alpha value is -2.54. The molecule has 0 radical (unpaired) electrons. The molecule has 31 heavy (non-hydrogen) atoms. The summed E-state index contributed by atoms with van der Waals surface area (Å²) in [5.74, 6) is 1.81. The number of nitrogens with zero attached hydrogens (tertiary/aromatic N) is 4. The lowest BCUT2D eigenvalue weighted by Crippen LogP contribution is -2.33. The number of hydrogen-bond donors (Lipinski definition) is 1. The topological polar surface area (TPSA) is 80.2 Å². The average Bonchev–Trinajstić information content (AvgIpc) is 3.31. The molecule has 1 amide bonds. The maximum absolute atomic E-state index is 12.2. The lowest BCUT2D eigenvalue weighted by molar-refractivity contribution is -0.123. The third-order valence-electron chi connectivity index (χ3n) is 6.46. The van der Waals surface area contributed by atoms with Gasteiger partial charge in [-0.25, -0.2) is 9.97 Å². The molecular weight excluding hydrogens is 390 g/mol. The summed E-state index contributed by atoms with van der Waals surface area (Å²) >= 11 is 0. The average molecular weight is 424 g/mol. The first kappa shape index (κ1) is 21.7. The maximum atomic E-state index is 12.2. The first-order chi connectivity index (χ1) is 15.1. The molecule has 0 aromatic carbocycles. The van der Waals surface area contributed by atoms with E-state index in [4.69, 9.17) is 9.72 Å². The zero-order chi connectivity index (χ0) is 21.6. The highest BCUT2D eigenvalue weighted by Gasteiger charge is 2.27. The molecule has 0 spiro atoms. The number of amides is 1. The van der Waals surface area contributed by atoms with Gasteiger partial charge >= 0.3 is 0 Å². The molecule has 7 nitrogen and oxygen atoms in total. The van der Waals surface area contributed by atoms with Crippen LogP contribution in [0.3, 0.4) is 0 Å². The van der Waals surface area contributed by atoms with Crippen LogP contribution in [-0.4, -0.2) is 54.2 Å². The number of carbonyl (C=O) groups is 1. The first-order valence-corrected chi connectivity index (χ1v) is 11.4. The third-order valence-corrected chi connectivity index (χ3v) is 6.46. The Kier molecular flexibility index (Phi) is 7.12. The fourth-order valence-corrected chi connectivity index (χ4v) is 4.65. The van der Waals surface area contributed by atoms with Crippen LogP contribution in [0.2, 0.25) is 0 Å². The van der Waals surface area contributed by atoms with Gasteiger partial charge < -0.3 is 15.0 Å². The highest BCUT2D eigenvalue weighted by atomic mass is 16.5. The number of anilines is 1. The van der Waals surface area contributed by atoms with E-state index in [-0.39, 0.29) is 12.0 Å². The largest absolute Gasteiger partial charge is 0.378 e. The zero-order valence-corrected chi connectivity index (χ0v) is 18.6. The number of rotatable bonds is 7. The number of ether oxygens (including phenoxy) is 1. The van der Waals surface area contributed by atoms with Crippen LogP contribution in [0.25, 0.3) is 11.1 Å². The number of nitrogens with one attached hydrogen (secondary N) is 1. The zero-order valence-electron chi connectivity index (χ0n) is 18.6. The van der Waals surface area contributed by atoms with E-state index in [2.05, 4.69) is 15.3 Å². The van der Waals surface area contributed by atoms with Gasteiger partial charge in [-0.1, -0.05) is 0 Å². The van der Waals surface area contributed by atoms with Crippen LogP contribution in [0.4, 0.5) is 5.95 Å². The van der Waals surface area contributed by atoms with E-state index in [0.29, 0.717) is 18.3 Å².